The molecule has 3 amide bonds. The number of benzene rings is 1. The number of rotatable bonds is 8. The van der Waals surface area contributed by atoms with Crippen molar-refractivity contribution in [1.82, 2.24) is 10.6 Å². The first-order valence-corrected chi connectivity index (χ1v) is 11.8. The second kappa shape index (κ2) is 14.2. The summed E-state index contributed by atoms with van der Waals surface area (Å²) in [6.45, 7) is 0.417. The van der Waals surface area contributed by atoms with E-state index in [-0.39, 0.29) is 41.8 Å². The number of nitrogens with one attached hydrogen (secondary N) is 2. The number of nitrogens with two attached hydrogens (primary N) is 2. The highest BCUT2D eigenvalue weighted by Gasteiger charge is 2.22. The van der Waals surface area contributed by atoms with Crippen LogP contribution in [-0.2, 0) is 20.9 Å². The molecule has 1 aliphatic heterocycles. The van der Waals surface area contributed by atoms with Gasteiger partial charge in [0.15, 0.2) is 17.5 Å². The van der Waals surface area contributed by atoms with Crippen LogP contribution in [0.1, 0.15) is 69.8 Å². The molecule has 1 atom stereocenters. The standard InChI is InChI=1S/C17H24FNO2.C7H12N4O2/c1-21-16-11-14(7-9-15(16)18)12-19-17(20)10-8-13-5-3-2-4-6-13;8-7(9)11-6(13)3-4-1-2-5(12)10-4/h7,9,11,13H,2-6,8,10,12H2,1H3,(H,19,20);4H,1-3H2,(H,10,12)(H4,8,9,11,13). The smallest absolute Gasteiger partial charge is 0.250 e. The largest absolute Gasteiger partial charge is 0.494 e. The second-order valence-electron chi connectivity index (χ2n) is 8.73. The van der Waals surface area contributed by atoms with Crippen molar-refractivity contribution in [3.8, 4) is 5.75 Å². The molecule has 188 valence electrons. The van der Waals surface area contributed by atoms with Crippen molar-refractivity contribution in [3.05, 3.63) is 29.6 Å². The van der Waals surface area contributed by atoms with Crippen LogP contribution in [-0.4, -0.2) is 36.8 Å². The molecule has 34 heavy (non-hydrogen) atoms. The molecule has 3 rings (SSSR count). The summed E-state index contributed by atoms with van der Waals surface area (Å²) in [5, 5.41) is 5.54. The fourth-order valence-corrected chi connectivity index (χ4v) is 4.15. The maximum absolute atomic E-state index is 13.3. The minimum atomic E-state index is -0.396. The molecule has 2 fully saturated rings. The summed E-state index contributed by atoms with van der Waals surface area (Å²) in [6, 6.07) is 4.54. The third-order valence-electron chi connectivity index (χ3n) is 5.97. The van der Waals surface area contributed by atoms with Crippen LogP contribution < -0.4 is 26.8 Å². The van der Waals surface area contributed by atoms with Gasteiger partial charge >= 0.3 is 0 Å². The van der Waals surface area contributed by atoms with Gasteiger partial charge < -0.3 is 26.8 Å². The SMILES string of the molecule is COc1cc(CNC(=O)CCC2CCCCC2)ccc1F.NC(N)=NC(=O)CC1CCC(=O)N1. The lowest BCUT2D eigenvalue weighted by Gasteiger charge is -2.21. The molecule has 10 heteroatoms. The lowest BCUT2D eigenvalue weighted by atomic mass is 9.86. The average Bonchev–Trinajstić information content (AvgIpc) is 3.22. The molecule has 1 aromatic carbocycles. The predicted octanol–water partition coefficient (Wildman–Crippen LogP) is 2.27. The Kier molecular flexibility index (Phi) is 11.3. The molecule has 1 aromatic rings. The lowest BCUT2D eigenvalue weighted by molar-refractivity contribution is -0.122. The molecule has 0 spiro atoms. The van der Waals surface area contributed by atoms with E-state index in [1.54, 1.807) is 12.1 Å². The third kappa shape index (κ3) is 10.2. The van der Waals surface area contributed by atoms with E-state index in [1.165, 1.54) is 45.3 Å². The Bertz CT molecular complexity index is 867. The Labute approximate surface area is 199 Å². The van der Waals surface area contributed by atoms with E-state index < -0.39 is 5.91 Å². The number of carbonyl (C=O) groups is 3. The van der Waals surface area contributed by atoms with Gasteiger partial charge in [-0.3, -0.25) is 14.4 Å². The Balaban J connectivity index is 0.000000270. The summed E-state index contributed by atoms with van der Waals surface area (Å²) in [5.74, 6) is -0.0443. The number of guanidine groups is 1. The van der Waals surface area contributed by atoms with Gasteiger partial charge in [0.2, 0.25) is 11.8 Å². The van der Waals surface area contributed by atoms with E-state index in [2.05, 4.69) is 15.6 Å². The van der Waals surface area contributed by atoms with Gasteiger partial charge in [-0.2, -0.15) is 4.99 Å². The number of nitrogens with zero attached hydrogens (tertiary/aromatic N) is 1. The van der Waals surface area contributed by atoms with Gasteiger partial charge in [0, 0.05) is 31.8 Å². The summed E-state index contributed by atoms with van der Waals surface area (Å²) in [5.41, 5.74) is 10.9. The molecule has 2 aliphatic rings. The van der Waals surface area contributed by atoms with Crippen molar-refractivity contribution in [2.75, 3.05) is 7.11 Å². The van der Waals surface area contributed by atoms with E-state index in [9.17, 15) is 18.8 Å². The van der Waals surface area contributed by atoms with Gasteiger partial charge in [-0.25, -0.2) is 4.39 Å². The zero-order valence-corrected chi connectivity index (χ0v) is 19.8. The van der Waals surface area contributed by atoms with Crippen molar-refractivity contribution in [2.24, 2.45) is 22.4 Å². The van der Waals surface area contributed by atoms with Crippen molar-refractivity contribution in [2.45, 2.75) is 76.8 Å². The highest BCUT2D eigenvalue weighted by Crippen LogP contribution is 2.27. The normalized spacial score (nSPS) is 17.7. The van der Waals surface area contributed by atoms with Gasteiger partial charge in [-0.05, 0) is 36.5 Å². The monoisotopic (exact) mass is 477 g/mol. The zero-order chi connectivity index (χ0) is 24.9. The zero-order valence-electron chi connectivity index (χ0n) is 19.8. The van der Waals surface area contributed by atoms with E-state index in [0.29, 0.717) is 25.8 Å². The van der Waals surface area contributed by atoms with Crippen LogP contribution in [0.3, 0.4) is 0 Å². The maximum Gasteiger partial charge on any atom is 0.250 e. The average molecular weight is 478 g/mol. The van der Waals surface area contributed by atoms with Gasteiger partial charge in [0.25, 0.3) is 5.91 Å². The molecule has 1 heterocycles. The molecular weight excluding hydrogens is 441 g/mol. The summed E-state index contributed by atoms with van der Waals surface area (Å²) < 4.78 is 18.2. The Morgan fingerprint density at radius 2 is 1.94 bits per heavy atom. The van der Waals surface area contributed by atoms with Gasteiger partial charge in [0.05, 0.1) is 7.11 Å². The van der Waals surface area contributed by atoms with E-state index in [1.807, 2.05) is 0 Å². The van der Waals surface area contributed by atoms with Crippen molar-refractivity contribution >= 4 is 23.7 Å². The third-order valence-corrected chi connectivity index (χ3v) is 5.97. The van der Waals surface area contributed by atoms with Crippen LogP contribution in [0.15, 0.2) is 23.2 Å². The number of aliphatic imine (C=N–C) groups is 1. The molecule has 1 aliphatic carbocycles. The highest BCUT2D eigenvalue weighted by atomic mass is 19.1. The number of ether oxygens (including phenoxy) is 1. The summed E-state index contributed by atoms with van der Waals surface area (Å²) in [6.07, 6.45) is 9.37. The van der Waals surface area contributed by atoms with Gasteiger partial charge in [0.1, 0.15) is 0 Å². The first-order valence-electron chi connectivity index (χ1n) is 11.8. The van der Waals surface area contributed by atoms with E-state index >= 15 is 0 Å². The molecule has 1 unspecified atom stereocenters. The number of amides is 3. The summed E-state index contributed by atoms with van der Waals surface area (Å²) in [7, 11) is 1.44. The van der Waals surface area contributed by atoms with Crippen molar-refractivity contribution < 1.29 is 23.5 Å². The first kappa shape index (κ1) is 27.1. The first-order chi connectivity index (χ1) is 16.3. The molecule has 0 aromatic heterocycles. The predicted molar refractivity (Wildman–Crippen MR) is 127 cm³/mol. The second-order valence-corrected chi connectivity index (χ2v) is 8.73. The molecule has 0 bridgehead atoms. The fraction of sp³-hybridized carbons (Fsp3) is 0.583. The van der Waals surface area contributed by atoms with Crippen LogP contribution >= 0.6 is 0 Å². The molecule has 9 nitrogen and oxygen atoms in total. The lowest BCUT2D eigenvalue weighted by Crippen LogP contribution is -2.29. The number of hydrogen-bond donors (Lipinski definition) is 4. The van der Waals surface area contributed by atoms with Gasteiger partial charge in [-0.1, -0.05) is 38.2 Å². The van der Waals surface area contributed by atoms with Crippen LogP contribution in [0.4, 0.5) is 4.39 Å². The van der Waals surface area contributed by atoms with Crippen LogP contribution in [0.5, 0.6) is 5.75 Å². The summed E-state index contributed by atoms with van der Waals surface area (Å²) >= 11 is 0. The maximum atomic E-state index is 13.3. The van der Waals surface area contributed by atoms with Crippen LogP contribution in [0.25, 0.3) is 0 Å². The molecule has 1 saturated carbocycles. The Hall–Kier alpha value is -3.17. The van der Waals surface area contributed by atoms with E-state index in [0.717, 1.165) is 17.9 Å². The van der Waals surface area contributed by atoms with Crippen molar-refractivity contribution in [1.29, 1.82) is 0 Å². The molecular formula is C24H36FN5O4. The van der Waals surface area contributed by atoms with Crippen molar-refractivity contribution in [3.63, 3.8) is 0 Å². The number of methoxy groups -OCH3 is 1. The number of halogens is 1. The number of carbonyl (C=O) groups excluding carboxylic acids is 3. The highest BCUT2D eigenvalue weighted by molar-refractivity contribution is 5.92. The van der Waals surface area contributed by atoms with Crippen LogP contribution in [0, 0.1) is 11.7 Å². The fourth-order valence-electron chi connectivity index (χ4n) is 4.15. The van der Waals surface area contributed by atoms with Gasteiger partial charge in [-0.15, -0.1) is 0 Å². The molecule has 0 radical (unpaired) electrons. The van der Waals surface area contributed by atoms with Crippen LogP contribution in [0.2, 0.25) is 0 Å². The molecule has 6 N–H and O–H groups in total. The quantitative estimate of drug-likeness (QED) is 0.333. The minimum absolute atomic E-state index is 0.0255. The topological polar surface area (TPSA) is 149 Å². The minimum Gasteiger partial charge on any atom is -0.494 e. The number of hydrogen-bond acceptors (Lipinski definition) is 4. The Morgan fingerprint density at radius 3 is 2.56 bits per heavy atom. The molecule has 1 saturated heterocycles. The Morgan fingerprint density at radius 1 is 1.21 bits per heavy atom. The summed E-state index contributed by atoms with van der Waals surface area (Å²) in [4.78, 5) is 37.0. The van der Waals surface area contributed by atoms with E-state index in [4.69, 9.17) is 16.2 Å².